The van der Waals surface area contributed by atoms with E-state index in [0.717, 1.165) is 82.8 Å². The van der Waals surface area contributed by atoms with E-state index in [0.29, 0.717) is 9.78 Å². The summed E-state index contributed by atoms with van der Waals surface area (Å²) in [4.78, 5) is 45.3. The average Bonchev–Trinajstić information content (AvgIpc) is 3.55. The van der Waals surface area contributed by atoms with E-state index in [1.165, 1.54) is 11.3 Å². The number of pyridine rings is 1. The maximum Gasteiger partial charge on any atom is 0.290 e. The Morgan fingerprint density at radius 1 is 1.08 bits per heavy atom. The fourth-order valence-corrected chi connectivity index (χ4v) is 6.23. The van der Waals surface area contributed by atoms with E-state index in [1.807, 2.05) is 54.6 Å². The number of rotatable bonds is 6. The van der Waals surface area contributed by atoms with Crippen LogP contribution in [0.15, 0.2) is 71.8 Å². The number of amides is 3. The first kappa shape index (κ1) is 25.4. The number of benzene rings is 2. The molecule has 0 aliphatic carbocycles. The van der Waals surface area contributed by atoms with Crippen LogP contribution in [-0.4, -0.2) is 53.2 Å². The molecule has 39 heavy (non-hydrogen) atoms. The van der Waals surface area contributed by atoms with Crippen LogP contribution in [-0.2, 0) is 16.1 Å². The zero-order valence-electron chi connectivity index (χ0n) is 20.8. The summed E-state index contributed by atoms with van der Waals surface area (Å²) in [5.41, 5.74) is 4.44. The topological polar surface area (TPSA) is 101 Å². The number of carbonyl (C=O) groups is 3. The van der Waals surface area contributed by atoms with Crippen LogP contribution in [0.4, 0.5) is 10.5 Å². The number of thioether (sulfide) groups is 1. The van der Waals surface area contributed by atoms with E-state index in [1.54, 1.807) is 12.3 Å². The van der Waals surface area contributed by atoms with Crippen molar-refractivity contribution in [2.24, 2.45) is 0 Å². The number of hydrogen-bond donors (Lipinski definition) is 2. The quantitative estimate of drug-likeness (QED) is 0.308. The molecule has 2 aliphatic heterocycles. The smallest absolute Gasteiger partial charge is 0.290 e. The number of fused-ring (bicyclic) bond motifs is 1. The van der Waals surface area contributed by atoms with Crippen LogP contribution in [0.5, 0.6) is 0 Å². The summed E-state index contributed by atoms with van der Waals surface area (Å²) in [5.74, 6) is -0.551. The van der Waals surface area contributed by atoms with Gasteiger partial charge in [0.25, 0.3) is 17.1 Å². The Morgan fingerprint density at radius 2 is 1.95 bits per heavy atom. The Labute approximate surface area is 233 Å². The number of ether oxygens (including phenoxy) is 1. The van der Waals surface area contributed by atoms with Crippen molar-refractivity contribution in [2.45, 2.75) is 6.54 Å². The molecule has 2 saturated heterocycles. The summed E-state index contributed by atoms with van der Waals surface area (Å²) in [5, 5.41) is 5.83. The molecule has 2 aromatic carbocycles. The van der Waals surface area contributed by atoms with E-state index in [2.05, 4.69) is 26.6 Å². The summed E-state index contributed by atoms with van der Waals surface area (Å²) in [7, 11) is 0. The third kappa shape index (κ3) is 5.79. The normalized spacial score (nSPS) is 17.1. The minimum absolute atomic E-state index is 0.160. The molecule has 4 aromatic rings. The molecule has 0 bridgehead atoms. The van der Waals surface area contributed by atoms with Gasteiger partial charge < -0.3 is 10.1 Å². The van der Waals surface area contributed by atoms with Crippen LogP contribution >= 0.6 is 23.1 Å². The molecule has 6 rings (SSSR count). The van der Waals surface area contributed by atoms with Gasteiger partial charge in [0.15, 0.2) is 0 Å². The van der Waals surface area contributed by atoms with E-state index in [-0.39, 0.29) is 11.1 Å². The lowest BCUT2D eigenvalue weighted by atomic mass is 10.0. The largest absolute Gasteiger partial charge is 0.379 e. The molecular weight excluding hydrogens is 532 g/mol. The summed E-state index contributed by atoms with van der Waals surface area (Å²) >= 11 is 2.30. The molecule has 2 aromatic heterocycles. The molecule has 0 atom stereocenters. The van der Waals surface area contributed by atoms with Crippen LogP contribution in [0.2, 0.25) is 0 Å². The van der Waals surface area contributed by atoms with Crippen LogP contribution in [0, 0.1) is 0 Å². The second-order valence-corrected chi connectivity index (χ2v) is 11.3. The Balaban J connectivity index is 1.21. The van der Waals surface area contributed by atoms with E-state index < -0.39 is 5.91 Å². The second-order valence-electron chi connectivity index (χ2n) is 9.19. The highest BCUT2D eigenvalue weighted by atomic mass is 32.2. The predicted octanol–water partition coefficient (Wildman–Crippen LogP) is 5.37. The molecule has 8 nitrogen and oxygen atoms in total. The van der Waals surface area contributed by atoms with Crippen molar-refractivity contribution in [1.29, 1.82) is 0 Å². The number of carbonyl (C=O) groups excluding carboxylic acids is 3. The van der Waals surface area contributed by atoms with Gasteiger partial charge in [0.1, 0.15) is 0 Å². The molecule has 2 aliphatic rings. The zero-order chi connectivity index (χ0) is 26.8. The summed E-state index contributed by atoms with van der Waals surface area (Å²) < 4.78 is 5.43. The van der Waals surface area contributed by atoms with Gasteiger partial charge in [-0.1, -0.05) is 18.2 Å². The highest BCUT2D eigenvalue weighted by Gasteiger charge is 2.25. The fraction of sp³-hybridized carbons (Fsp3) is 0.172. The van der Waals surface area contributed by atoms with Crippen LogP contribution in [0.25, 0.3) is 27.4 Å². The lowest BCUT2D eigenvalue weighted by Gasteiger charge is -2.26. The minimum Gasteiger partial charge on any atom is -0.379 e. The molecular formula is C29H24N4O4S2. The average molecular weight is 557 g/mol. The van der Waals surface area contributed by atoms with Crippen molar-refractivity contribution in [1.82, 2.24) is 15.2 Å². The van der Waals surface area contributed by atoms with Crippen molar-refractivity contribution in [3.63, 3.8) is 0 Å². The first-order valence-corrected chi connectivity index (χ1v) is 14.1. The van der Waals surface area contributed by atoms with Crippen LogP contribution in [0.3, 0.4) is 0 Å². The van der Waals surface area contributed by atoms with Gasteiger partial charge in [0.05, 0.1) is 28.5 Å². The van der Waals surface area contributed by atoms with Crippen LogP contribution < -0.4 is 10.6 Å². The SMILES string of the molecule is O=C1NC(=O)C(=Cc2ccc3nccc(-c4ccc(C(=O)Nc5cccc(CN6CCOCC6)c5)s4)c3c2)S1. The first-order valence-electron chi connectivity index (χ1n) is 12.5. The number of morpholine rings is 1. The second kappa shape index (κ2) is 11.1. The number of aromatic nitrogens is 1. The summed E-state index contributed by atoms with van der Waals surface area (Å²) in [6.45, 7) is 4.14. The first-order chi connectivity index (χ1) is 19.0. The van der Waals surface area contributed by atoms with Crippen molar-refractivity contribution in [2.75, 3.05) is 31.6 Å². The Bertz CT molecular complexity index is 1620. The van der Waals surface area contributed by atoms with Gasteiger partial charge in [-0.05, 0) is 71.4 Å². The van der Waals surface area contributed by atoms with Gasteiger partial charge in [-0.25, -0.2) is 0 Å². The zero-order valence-corrected chi connectivity index (χ0v) is 22.4. The Morgan fingerprint density at radius 3 is 2.77 bits per heavy atom. The van der Waals surface area contributed by atoms with Gasteiger partial charge >= 0.3 is 0 Å². The number of nitrogens with one attached hydrogen (secondary N) is 2. The molecule has 3 amide bonds. The molecule has 2 fully saturated rings. The summed E-state index contributed by atoms with van der Waals surface area (Å²) in [6, 6.07) is 19.3. The van der Waals surface area contributed by atoms with Crippen molar-refractivity contribution < 1.29 is 19.1 Å². The molecule has 4 heterocycles. The van der Waals surface area contributed by atoms with E-state index in [4.69, 9.17) is 4.74 Å². The van der Waals surface area contributed by atoms with E-state index >= 15 is 0 Å². The minimum atomic E-state index is -0.392. The highest BCUT2D eigenvalue weighted by Crippen LogP contribution is 2.35. The van der Waals surface area contributed by atoms with Gasteiger partial charge in [-0.3, -0.25) is 29.6 Å². The standard InChI is InChI=1S/C29H24N4O4S2/c34-27(31-20-3-1-2-19(14-20)17-33-10-12-37-13-11-33)25-7-6-24(38-25)21-8-9-30-23-5-4-18(15-22(21)23)16-26-28(35)32-29(36)39-26/h1-9,14-16H,10-13,17H2,(H,31,34)(H,32,35,36). The summed E-state index contributed by atoms with van der Waals surface area (Å²) in [6.07, 6.45) is 3.44. The molecule has 10 heteroatoms. The maximum atomic E-state index is 13.1. The van der Waals surface area contributed by atoms with Crippen molar-refractivity contribution >= 4 is 62.8 Å². The fourth-order valence-electron chi connectivity index (χ4n) is 4.60. The molecule has 0 saturated carbocycles. The van der Waals surface area contributed by atoms with Gasteiger partial charge in [0, 0.05) is 47.3 Å². The van der Waals surface area contributed by atoms with Crippen molar-refractivity contribution in [3.05, 3.63) is 87.8 Å². The predicted molar refractivity (Wildman–Crippen MR) is 155 cm³/mol. The number of imide groups is 1. The van der Waals surface area contributed by atoms with Crippen LogP contribution in [0.1, 0.15) is 20.8 Å². The number of hydrogen-bond acceptors (Lipinski definition) is 8. The molecule has 2 N–H and O–H groups in total. The van der Waals surface area contributed by atoms with Gasteiger partial charge in [0.2, 0.25) is 0 Å². The maximum absolute atomic E-state index is 13.1. The number of anilines is 1. The third-order valence-electron chi connectivity index (χ3n) is 6.50. The molecule has 196 valence electrons. The van der Waals surface area contributed by atoms with Crippen molar-refractivity contribution in [3.8, 4) is 10.4 Å². The third-order valence-corrected chi connectivity index (χ3v) is 8.42. The lowest BCUT2D eigenvalue weighted by molar-refractivity contribution is -0.115. The van der Waals surface area contributed by atoms with Gasteiger partial charge in [-0.15, -0.1) is 11.3 Å². The monoisotopic (exact) mass is 556 g/mol. The molecule has 0 radical (unpaired) electrons. The van der Waals surface area contributed by atoms with Gasteiger partial charge in [-0.2, -0.15) is 0 Å². The van der Waals surface area contributed by atoms with E-state index in [9.17, 15) is 14.4 Å². The Hall–Kier alpha value is -3.83. The molecule has 0 spiro atoms. The number of nitrogens with zero attached hydrogens (tertiary/aromatic N) is 2. The lowest BCUT2D eigenvalue weighted by Crippen LogP contribution is -2.35. The Kier molecular flexibility index (Phi) is 7.25. The number of thiophene rings is 1. The molecule has 0 unspecified atom stereocenters. The highest BCUT2D eigenvalue weighted by molar-refractivity contribution is 8.18.